The van der Waals surface area contributed by atoms with Crippen LogP contribution < -0.4 is 0 Å². The largest absolute Gasteiger partial charge is 0.261 e. The summed E-state index contributed by atoms with van der Waals surface area (Å²) in [6.45, 7) is 11.0. The molecule has 0 aliphatic heterocycles. The third-order valence-electron chi connectivity index (χ3n) is 2.51. The first-order valence-electron chi connectivity index (χ1n) is 6.31. The van der Waals surface area contributed by atoms with Crippen molar-refractivity contribution < 1.29 is 0 Å². The van der Waals surface area contributed by atoms with Crippen LogP contribution in [-0.4, -0.2) is 4.98 Å². The monoisotopic (exact) mass is 219 g/mol. The van der Waals surface area contributed by atoms with E-state index in [1.807, 2.05) is 12.3 Å². The van der Waals surface area contributed by atoms with Crippen molar-refractivity contribution in [3.05, 3.63) is 29.6 Å². The molecular formula is C15H25N. The predicted molar refractivity (Wildman–Crippen MR) is 70.7 cm³/mol. The van der Waals surface area contributed by atoms with Gasteiger partial charge in [0.05, 0.1) is 0 Å². The Morgan fingerprint density at radius 1 is 1.25 bits per heavy atom. The third kappa shape index (κ3) is 4.78. The zero-order valence-corrected chi connectivity index (χ0v) is 11.4. The lowest BCUT2D eigenvalue weighted by molar-refractivity contribution is 0.469. The maximum atomic E-state index is 4.37. The van der Waals surface area contributed by atoms with Gasteiger partial charge in [-0.15, -0.1) is 0 Å². The normalized spacial score (nSPS) is 19.4. The van der Waals surface area contributed by atoms with Gasteiger partial charge in [-0.1, -0.05) is 40.7 Å². The molecule has 90 valence electrons. The fourth-order valence-corrected chi connectivity index (χ4v) is 1.84. The summed E-state index contributed by atoms with van der Waals surface area (Å²) in [5, 5.41) is 0. The van der Waals surface area contributed by atoms with Crippen LogP contribution in [0.2, 0.25) is 0 Å². The zero-order valence-electron chi connectivity index (χ0n) is 11.4. The van der Waals surface area contributed by atoms with Crippen LogP contribution in [0.25, 0.3) is 0 Å². The lowest BCUT2D eigenvalue weighted by Crippen LogP contribution is -2.08. The summed E-state index contributed by atoms with van der Waals surface area (Å²) in [5.41, 5.74) is 3.30. The first-order chi connectivity index (χ1) is 7.38. The summed E-state index contributed by atoms with van der Waals surface area (Å²) in [4.78, 5) is 4.37. The van der Waals surface area contributed by atoms with Crippen molar-refractivity contribution in [3.8, 4) is 0 Å². The fraction of sp³-hybridized carbons (Fsp3) is 0.667. The van der Waals surface area contributed by atoms with Gasteiger partial charge in [0.1, 0.15) is 0 Å². The van der Waals surface area contributed by atoms with Gasteiger partial charge in [0, 0.05) is 11.9 Å². The van der Waals surface area contributed by atoms with Gasteiger partial charge in [-0.25, -0.2) is 0 Å². The Morgan fingerprint density at radius 2 is 1.88 bits per heavy atom. The van der Waals surface area contributed by atoms with Gasteiger partial charge in [0.25, 0.3) is 0 Å². The molecule has 1 heteroatoms. The standard InChI is InChI=1S/C10H13N.C5H12/c1-8-4-2-6-10-9(8)5-3-7-11-10;1-5(2,3)4/h3,5,7-8H,2,4,6H2,1H3;1-4H3. The van der Waals surface area contributed by atoms with Crippen LogP contribution in [0, 0.1) is 5.41 Å². The van der Waals surface area contributed by atoms with Crippen LogP contribution in [0.5, 0.6) is 0 Å². The Labute approximate surface area is 100 Å². The lowest BCUT2D eigenvalue weighted by Gasteiger charge is -2.20. The smallest absolute Gasteiger partial charge is 0.0438 e. The lowest BCUT2D eigenvalue weighted by atomic mass is 9.87. The molecule has 0 radical (unpaired) electrons. The molecule has 1 aliphatic carbocycles. The predicted octanol–water partition coefficient (Wildman–Crippen LogP) is 4.57. The van der Waals surface area contributed by atoms with E-state index in [2.05, 4.69) is 45.7 Å². The van der Waals surface area contributed by atoms with Crippen LogP contribution in [0.1, 0.15) is 64.6 Å². The maximum absolute atomic E-state index is 4.37. The van der Waals surface area contributed by atoms with E-state index in [0.29, 0.717) is 5.41 Å². The van der Waals surface area contributed by atoms with Gasteiger partial charge in [-0.2, -0.15) is 0 Å². The van der Waals surface area contributed by atoms with Gasteiger partial charge in [-0.3, -0.25) is 4.98 Å². The Hall–Kier alpha value is -0.850. The number of hydrogen-bond acceptors (Lipinski definition) is 1. The van der Waals surface area contributed by atoms with Crippen LogP contribution in [0.15, 0.2) is 18.3 Å². The minimum atomic E-state index is 0.500. The Morgan fingerprint density at radius 3 is 2.44 bits per heavy atom. The molecule has 1 aromatic heterocycles. The Bertz CT molecular complexity index is 316. The summed E-state index contributed by atoms with van der Waals surface area (Å²) in [6, 6.07) is 4.26. The quantitative estimate of drug-likeness (QED) is 0.622. The first kappa shape index (κ1) is 13.2. The number of nitrogens with zero attached hydrogens (tertiary/aromatic N) is 1. The molecular weight excluding hydrogens is 194 g/mol. The maximum Gasteiger partial charge on any atom is 0.0438 e. The highest BCUT2D eigenvalue weighted by atomic mass is 14.7. The molecule has 1 atom stereocenters. The van der Waals surface area contributed by atoms with Gasteiger partial charge in [0.15, 0.2) is 0 Å². The molecule has 0 bridgehead atoms. The SMILES string of the molecule is CC(C)(C)C.CC1CCCc2ncccc21. The highest BCUT2D eigenvalue weighted by Crippen LogP contribution is 2.28. The molecule has 0 spiro atoms. The van der Waals surface area contributed by atoms with E-state index in [-0.39, 0.29) is 0 Å². The molecule has 0 saturated heterocycles. The summed E-state index contributed by atoms with van der Waals surface area (Å²) in [6.07, 6.45) is 5.72. The minimum Gasteiger partial charge on any atom is -0.261 e. The molecule has 2 rings (SSSR count). The number of aryl methyl sites for hydroxylation is 1. The van der Waals surface area contributed by atoms with E-state index >= 15 is 0 Å². The van der Waals surface area contributed by atoms with Crippen molar-refractivity contribution in [2.24, 2.45) is 5.41 Å². The van der Waals surface area contributed by atoms with Crippen molar-refractivity contribution in [2.45, 2.75) is 59.8 Å². The average Bonchev–Trinajstić information content (AvgIpc) is 2.16. The molecule has 0 amide bonds. The van der Waals surface area contributed by atoms with Crippen LogP contribution in [0.3, 0.4) is 0 Å². The van der Waals surface area contributed by atoms with Gasteiger partial charge in [-0.05, 0) is 42.2 Å². The summed E-state index contributed by atoms with van der Waals surface area (Å²) in [5.74, 6) is 0.729. The van der Waals surface area contributed by atoms with E-state index in [0.717, 1.165) is 5.92 Å². The van der Waals surface area contributed by atoms with E-state index in [4.69, 9.17) is 0 Å². The second-order valence-corrected chi connectivity index (χ2v) is 6.33. The van der Waals surface area contributed by atoms with Crippen molar-refractivity contribution in [3.63, 3.8) is 0 Å². The van der Waals surface area contributed by atoms with Crippen LogP contribution in [-0.2, 0) is 6.42 Å². The van der Waals surface area contributed by atoms with Gasteiger partial charge in [0.2, 0.25) is 0 Å². The minimum absolute atomic E-state index is 0.500. The number of fused-ring (bicyclic) bond motifs is 1. The van der Waals surface area contributed by atoms with E-state index < -0.39 is 0 Å². The molecule has 1 aliphatic rings. The van der Waals surface area contributed by atoms with E-state index in [9.17, 15) is 0 Å². The van der Waals surface area contributed by atoms with E-state index in [1.165, 1.54) is 30.5 Å². The molecule has 1 heterocycles. The first-order valence-corrected chi connectivity index (χ1v) is 6.31. The highest BCUT2D eigenvalue weighted by Gasteiger charge is 2.15. The van der Waals surface area contributed by atoms with E-state index in [1.54, 1.807) is 0 Å². The average molecular weight is 219 g/mol. The van der Waals surface area contributed by atoms with Crippen molar-refractivity contribution in [2.75, 3.05) is 0 Å². The number of pyridine rings is 1. The molecule has 0 aromatic carbocycles. The number of aromatic nitrogens is 1. The molecule has 0 fully saturated rings. The third-order valence-corrected chi connectivity index (χ3v) is 2.51. The van der Waals surface area contributed by atoms with Crippen molar-refractivity contribution in [1.29, 1.82) is 0 Å². The van der Waals surface area contributed by atoms with Crippen molar-refractivity contribution in [1.82, 2.24) is 4.98 Å². The summed E-state index contributed by atoms with van der Waals surface area (Å²) in [7, 11) is 0. The number of rotatable bonds is 0. The Kier molecular flexibility index (Phi) is 4.52. The topological polar surface area (TPSA) is 12.9 Å². The molecule has 0 N–H and O–H groups in total. The van der Waals surface area contributed by atoms with Gasteiger partial charge >= 0.3 is 0 Å². The summed E-state index contributed by atoms with van der Waals surface area (Å²) >= 11 is 0. The molecule has 0 saturated carbocycles. The zero-order chi connectivity index (χ0) is 12.2. The molecule has 16 heavy (non-hydrogen) atoms. The highest BCUT2D eigenvalue weighted by molar-refractivity contribution is 5.25. The second kappa shape index (κ2) is 5.47. The van der Waals surface area contributed by atoms with Crippen LogP contribution in [0.4, 0.5) is 0 Å². The molecule has 1 aromatic rings. The van der Waals surface area contributed by atoms with Gasteiger partial charge < -0.3 is 0 Å². The van der Waals surface area contributed by atoms with Crippen molar-refractivity contribution >= 4 is 0 Å². The molecule has 1 nitrogen and oxygen atoms in total. The Balaban J connectivity index is 0.000000221. The number of hydrogen-bond donors (Lipinski definition) is 0. The fourth-order valence-electron chi connectivity index (χ4n) is 1.84. The second-order valence-electron chi connectivity index (χ2n) is 6.33. The molecule has 1 unspecified atom stereocenters. The van der Waals surface area contributed by atoms with Crippen LogP contribution >= 0.6 is 0 Å². The summed E-state index contributed by atoms with van der Waals surface area (Å²) < 4.78 is 0.